The van der Waals surface area contributed by atoms with Gasteiger partial charge in [0.2, 0.25) is 0 Å². The first-order valence-electron chi connectivity index (χ1n) is 3.24. The monoisotopic (exact) mass is 178 g/mol. The molecule has 0 aliphatic heterocycles. The van der Waals surface area contributed by atoms with Crippen LogP contribution in [0, 0.1) is 6.92 Å². The van der Waals surface area contributed by atoms with Crippen LogP contribution in [0.3, 0.4) is 0 Å². The van der Waals surface area contributed by atoms with Gasteiger partial charge in [-0.3, -0.25) is 0 Å². The van der Waals surface area contributed by atoms with Crippen LogP contribution in [-0.4, -0.2) is 23.1 Å². The average molecular weight is 179 g/mol. The molecule has 0 amide bonds. The molecule has 0 spiro atoms. The Kier molecular flexibility index (Phi) is 8.52. The zero-order valence-corrected chi connectivity index (χ0v) is 8.98. The van der Waals surface area contributed by atoms with E-state index in [0.29, 0.717) is 0 Å². The largest absolute Gasteiger partial charge is 2.00 e. The van der Waals surface area contributed by atoms with Crippen molar-refractivity contribution < 1.29 is 12.4 Å². The van der Waals surface area contributed by atoms with Crippen LogP contribution < -0.4 is 12.4 Å². The SMILES string of the molecule is [CH2-]c1ccccc1CC.[Cl-].[Mg+2]. The van der Waals surface area contributed by atoms with Crippen molar-refractivity contribution in [1.82, 2.24) is 0 Å². The molecule has 0 saturated heterocycles. The predicted molar refractivity (Wildman–Crippen MR) is 46.0 cm³/mol. The molecule has 0 fully saturated rings. The summed E-state index contributed by atoms with van der Waals surface area (Å²) >= 11 is 0. The Balaban J connectivity index is 0. The van der Waals surface area contributed by atoms with Crippen molar-refractivity contribution >= 4 is 23.1 Å². The molecule has 0 aromatic heterocycles. The zero-order chi connectivity index (χ0) is 6.69. The molecule has 0 N–H and O–H groups in total. The predicted octanol–water partition coefficient (Wildman–Crippen LogP) is -0.946. The fourth-order valence-electron chi connectivity index (χ4n) is 0.902. The maximum Gasteiger partial charge on any atom is 2.00 e. The minimum atomic E-state index is 0. The molecule has 2 heteroatoms. The van der Waals surface area contributed by atoms with E-state index in [1.807, 2.05) is 18.2 Å². The van der Waals surface area contributed by atoms with Crippen LogP contribution in [0.4, 0.5) is 0 Å². The van der Waals surface area contributed by atoms with Crippen molar-refractivity contribution in [2.24, 2.45) is 0 Å². The van der Waals surface area contributed by atoms with Crippen molar-refractivity contribution in [2.45, 2.75) is 13.3 Å². The molecule has 0 unspecified atom stereocenters. The van der Waals surface area contributed by atoms with Gasteiger partial charge >= 0.3 is 23.1 Å². The molecule has 0 radical (unpaired) electrons. The first kappa shape index (κ1) is 13.7. The Morgan fingerprint density at radius 3 is 2.18 bits per heavy atom. The van der Waals surface area contributed by atoms with E-state index in [0.717, 1.165) is 12.0 Å². The summed E-state index contributed by atoms with van der Waals surface area (Å²) in [6.45, 7) is 6.03. The Bertz CT molecular complexity index is 199. The van der Waals surface area contributed by atoms with Gasteiger partial charge in [-0.1, -0.05) is 19.4 Å². The van der Waals surface area contributed by atoms with Gasteiger partial charge in [-0.2, -0.15) is 18.6 Å². The summed E-state index contributed by atoms with van der Waals surface area (Å²) in [5, 5.41) is 0. The summed E-state index contributed by atoms with van der Waals surface area (Å²) in [5.74, 6) is 0. The number of rotatable bonds is 1. The summed E-state index contributed by atoms with van der Waals surface area (Å²) in [6, 6.07) is 8.22. The van der Waals surface area contributed by atoms with E-state index >= 15 is 0 Å². The summed E-state index contributed by atoms with van der Waals surface area (Å²) in [7, 11) is 0. The second kappa shape index (κ2) is 6.83. The topological polar surface area (TPSA) is 0 Å². The second-order valence-corrected chi connectivity index (χ2v) is 2.12. The molecule has 0 saturated carbocycles. The summed E-state index contributed by atoms with van der Waals surface area (Å²) in [5.41, 5.74) is 2.50. The number of hydrogen-bond acceptors (Lipinski definition) is 0. The molecular formula is C9H11ClMg. The van der Waals surface area contributed by atoms with E-state index in [2.05, 4.69) is 19.9 Å². The fourth-order valence-corrected chi connectivity index (χ4v) is 0.902. The molecule has 11 heavy (non-hydrogen) atoms. The number of benzene rings is 1. The van der Waals surface area contributed by atoms with Gasteiger partial charge in [0.1, 0.15) is 0 Å². The van der Waals surface area contributed by atoms with Crippen molar-refractivity contribution in [3.8, 4) is 0 Å². The smallest absolute Gasteiger partial charge is 1.00 e. The minimum absolute atomic E-state index is 0. The third-order valence-corrected chi connectivity index (χ3v) is 1.50. The summed E-state index contributed by atoms with van der Waals surface area (Å²) < 4.78 is 0. The third-order valence-electron chi connectivity index (χ3n) is 1.50. The van der Waals surface area contributed by atoms with Crippen LogP contribution in [0.25, 0.3) is 0 Å². The van der Waals surface area contributed by atoms with Gasteiger partial charge in [-0.15, -0.1) is 17.7 Å². The van der Waals surface area contributed by atoms with E-state index in [9.17, 15) is 0 Å². The van der Waals surface area contributed by atoms with E-state index in [-0.39, 0.29) is 35.5 Å². The summed E-state index contributed by atoms with van der Waals surface area (Å²) in [6.07, 6.45) is 1.08. The molecule has 1 rings (SSSR count). The fraction of sp³-hybridized carbons (Fsp3) is 0.222. The normalized spacial score (nSPS) is 7.73. The maximum atomic E-state index is 3.89. The van der Waals surface area contributed by atoms with E-state index in [1.54, 1.807) is 0 Å². The van der Waals surface area contributed by atoms with Crippen LogP contribution in [0.15, 0.2) is 24.3 Å². The Labute approximate surface area is 90.9 Å². The van der Waals surface area contributed by atoms with Crippen LogP contribution in [0.1, 0.15) is 18.1 Å². The molecule has 0 atom stereocenters. The molecule has 0 aliphatic carbocycles. The van der Waals surface area contributed by atoms with Gasteiger partial charge in [0.05, 0.1) is 0 Å². The molecular weight excluding hydrogens is 168 g/mol. The number of aryl methyl sites for hydroxylation is 1. The van der Waals surface area contributed by atoms with Gasteiger partial charge < -0.3 is 12.4 Å². The quantitative estimate of drug-likeness (QED) is 0.385. The van der Waals surface area contributed by atoms with Crippen LogP contribution in [0.2, 0.25) is 0 Å². The first-order chi connectivity index (χ1) is 4.34. The van der Waals surface area contributed by atoms with Gasteiger partial charge in [-0.05, 0) is 0 Å². The second-order valence-electron chi connectivity index (χ2n) is 2.12. The molecule has 0 nitrogen and oxygen atoms in total. The van der Waals surface area contributed by atoms with Crippen molar-refractivity contribution in [3.05, 3.63) is 42.3 Å². The molecule has 1 aromatic rings. The number of halogens is 1. The van der Waals surface area contributed by atoms with E-state index in [1.165, 1.54) is 5.56 Å². The molecule has 0 bridgehead atoms. The van der Waals surface area contributed by atoms with Crippen molar-refractivity contribution in [3.63, 3.8) is 0 Å². The minimum Gasteiger partial charge on any atom is -1.00 e. The first-order valence-corrected chi connectivity index (χ1v) is 3.24. The zero-order valence-electron chi connectivity index (χ0n) is 6.81. The van der Waals surface area contributed by atoms with E-state index < -0.39 is 0 Å². The Morgan fingerprint density at radius 1 is 1.27 bits per heavy atom. The standard InChI is InChI=1S/C9H11.ClH.Mg/c1-3-9-7-5-4-6-8(9)2;;/h4-7H,2-3H2,1H3;1H;/q-1;;+2/p-1. The molecule has 1 aromatic carbocycles. The van der Waals surface area contributed by atoms with Crippen molar-refractivity contribution in [1.29, 1.82) is 0 Å². The Hall–Kier alpha value is 0.146. The maximum absolute atomic E-state index is 3.89. The van der Waals surface area contributed by atoms with Gasteiger partial charge in [0.15, 0.2) is 0 Å². The Morgan fingerprint density at radius 2 is 1.82 bits per heavy atom. The van der Waals surface area contributed by atoms with Gasteiger partial charge in [0.25, 0.3) is 0 Å². The van der Waals surface area contributed by atoms with Gasteiger partial charge in [0, 0.05) is 0 Å². The average Bonchev–Trinajstić information content (AvgIpc) is 1.89. The van der Waals surface area contributed by atoms with Crippen molar-refractivity contribution in [2.75, 3.05) is 0 Å². The number of hydrogen-bond donors (Lipinski definition) is 0. The van der Waals surface area contributed by atoms with Gasteiger partial charge in [-0.25, -0.2) is 0 Å². The third kappa shape index (κ3) is 3.90. The molecule has 0 heterocycles. The van der Waals surface area contributed by atoms with Crippen LogP contribution in [0.5, 0.6) is 0 Å². The molecule has 56 valence electrons. The van der Waals surface area contributed by atoms with Crippen LogP contribution in [-0.2, 0) is 6.42 Å². The van der Waals surface area contributed by atoms with E-state index in [4.69, 9.17) is 0 Å². The molecule has 0 aliphatic rings. The van der Waals surface area contributed by atoms with Crippen LogP contribution >= 0.6 is 0 Å². The summed E-state index contributed by atoms with van der Waals surface area (Å²) in [4.78, 5) is 0.